The van der Waals surface area contributed by atoms with Crippen LogP contribution >= 0.6 is 0 Å². The zero-order chi connectivity index (χ0) is 4.50. The Hall–Kier alpha value is -0.160. The van der Waals surface area contributed by atoms with E-state index in [1.54, 1.807) is 21.1 Å². The maximum Gasteiger partial charge on any atom is 0.0674 e. The number of quaternary nitrogens is 1. The number of hydrogen-bond acceptors (Lipinski definition) is 1. The molecule has 48 valence electrons. The average Bonchev–Trinajstić information content (AvgIpc) is 0.722. The molecule has 0 heterocycles. The molecular formula is C3H13NO3. The first-order chi connectivity index (χ1) is 2.00. The van der Waals surface area contributed by atoms with E-state index in [1.807, 2.05) is 0 Å². The Balaban J connectivity index is -0.0000000800. The Bertz CT molecular complexity index is 25.7. The minimum atomic E-state index is -0.250. The second-order valence-electron chi connectivity index (χ2n) is 1.89. The Morgan fingerprint density at radius 2 is 1.00 bits per heavy atom. The molecule has 0 spiro atoms. The van der Waals surface area contributed by atoms with Crippen LogP contribution in [0.15, 0.2) is 0 Å². The summed E-state index contributed by atoms with van der Waals surface area (Å²) in [5.74, 6) is 0. The maximum atomic E-state index is 10.0. The van der Waals surface area contributed by atoms with Crippen molar-refractivity contribution in [3.05, 3.63) is 5.21 Å². The van der Waals surface area contributed by atoms with Crippen LogP contribution in [0.3, 0.4) is 0 Å². The highest BCUT2D eigenvalue weighted by Crippen LogP contribution is 1.77. The molecule has 4 nitrogen and oxygen atoms in total. The van der Waals surface area contributed by atoms with Gasteiger partial charge in [0.25, 0.3) is 0 Å². The van der Waals surface area contributed by atoms with Crippen LogP contribution in [0.2, 0.25) is 0 Å². The smallest absolute Gasteiger partial charge is 0.0674 e. The summed E-state index contributed by atoms with van der Waals surface area (Å²) >= 11 is 0. The number of hydroxylamine groups is 3. The van der Waals surface area contributed by atoms with Crippen molar-refractivity contribution in [3.63, 3.8) is 0 Å². The first-order valence-electron chi connectivity index (χ1n) is 1.52. The Kier molecular flexibility index (Phi) is 9.07. The molecule has 0 amide bonds. The van der Waals surface area contributed by atoms with Crippen LogP contribution < -0.4 is 0 Å². The summed E-state index contributed by atoms with van der Waals surface area (Å²) in [6, 6.07) is 0. The van der Waals surface area contributed by atoms with E-state index in [2.05, 4.69) is 0 Å². The summed E-state index contributed by atoms with van der Waals surface area (Å²) in [5.41, 5.74) is 0. The lowest BCUT2D eigenvalue weighted by molar-refractivity contribution is -0.818. The fraction of sp³-hybridized carbons (Fsp3) is 1.00. The van der Waals surface area contributed by atoms with E-state index in [4.69, 9.17) is 0 Å². The lowest BCUT2D eigenvalue weighted by atomic mass is 11.0. The molecule has 0 unspecified atom stereocenters. The first kappa shape index (κ1) is 15.8. The Morgan fingerprint density at radius 1 is 1.00 bits per heavy atom. The van der Waals surface area contributed by atoms with Gasteiger partial charge in [0.15, 0.2) is 0 Å². The normalized spacial score (nSPS) is 8.57. The molecule has 4 heteroatoms. The van der Waals surface area contributed by atoms with Crippen LogP contribution in [0.4, 0.5) is 0 Å². The monoisotopic (exact) mass is 111 g/mol. The molecule has 0 rings (SSSR count). The van der Waals surface area contributed by atoms with Gasteiger partial charge in [0, 0.05) is 0 Å². The highest BCUT2D eigenvalue weighted by atomic mass is 16.5. The van der Waals surface area contributed by atoms with Crippen LogP contribution in [-0.2, 0) is 0 Å². The van der Waals surface area contributed by atoms with Gasteiger partial charge in [-0.05, 0) is 0 Å². The zero-order valence-electron chi connectivity index (χ0n) is 4.86. The predicted molar refractivity (Wildman–Crippen MR) is 28.6 cm³/mol. The van der Waals surface area contributed by atoms with Gasteiger partial charge in [0.05, 0.1) is 21.1 Å². The molecule has 0 aromatic rings. The lowest BCUT2D eigenvalue weighted by Gasteiger charge is -2.27. The molecule has 0 saturated carbocycles. The molecule has 0 aromatic carbocycles. The van der Waals surface area contributed by atoms with E-state index in [1.165, 1.54) is 0 Å². The Morgan fingerprint density at radius 3 is 1.00 bits per heavy atom. The van der Waals surface area contributed by atoms with E-state index in [0.29, 0.717) is 0 Å². The van der Waals surface area contributed by atoms with E-state index in [0.717, 1.165) is 0 Å². The van der Waals surface area contributed by atoms with Crippen molar-refractivity contribution in [2.24, 2.45) is 0 Å². The van der Waals surface area contributed by atoms with Crippen LogP contribution in [-0.4, -0.2) is 36.7 Å². The maximum absolute atomic E-state index is 10.0. The highest BCUT2D eigenvalue weighted by molar-refractivity contribution is 4.05. The van der Waals surface area contributed by atoms with Crippen molar-refractivity contribution in [3.8, 4) is 0 Å². The summed E-state index contributed by atoms with van der Waals surface area (Å²) in [5, 5.41) is 10.0. The minimum Gasteiger partial charge on any atom is -0.633 e. The van der Waals surface area contributed by atoms with Gasteiger partial charge in [0.2, 0.25) is 0 Å². The summed E-state index contributed by atoms with van der Waals surface area (Å²) < 4.78 is -0.250. The van der Waals surface area contributed by atoms with Gasteiger partial charge in [-0.3, -0.25) is 0 Å². The van der Waals surface area contributed by atoms with Gasteiger partial charge in [-0.15, -0.1) is 0 Å². The largest absolute Gasteiger partial charge is 0.633 e. The van der Waals surface area contributed by atoms with Gasteiger partial charge in [-0.2, -0.15) is 0 Å². The molecule has 0 fully saturated rings. The van der Waals surface area contributed by atoms with Crippen molar-refractivity contribution < 1.29 is 15.6 Å². The standard InChI is InChI=1S/C3H9NO.2H2O/c1-4(2,3)5;;/h1-3H3;2*1H2. The third kappa shape index (κ3) is 3360. The quantitative estimate of drug-likeness (QED) is 0.277. The second-order valence-corrected chi connectivity index (χ2v) is 1.89. The van der Waals surface area contributed by atoms with Crippen molar-refractivity contribution in [1.82, 2.24) is 0 Å². The number of nitrogens with zero attached hydrogens (tertiary/aromatic N) is 1. The molecule has 0 aromatic heterocycles. The predicted octanol–water partition coefficient (Wildman–Crippen LogP) is -1.46. The molecule has 4 N–H and O–H groups in total. The molecular weight excluding hydrogens is 98.0 g/mol. The third-order valence-electron chi connectivity index (χ3n) is 0. The Labute approximate surface area is 43.1 Å². The van der Waals surface area contributed by atoms with Crippen molar-refractivity contribution in [2.75, 3.05) is 21.1 Å². The van der Waals surface area contributed by atoms with Crippen molar-refractivity contribution in [2.45, 2.75) is 0 Å². The summed E-state index contributed by atoms with van der Waals surface area (Å²) in [6.45, 7) is 0. The van der Waals surface area contributed by atoms with E-state index in [9.17, 15) is 5.21 Å². The number of hydrogen-bond donors (Lipinski definition) is 0. The molecule has 0 aliphatic carbocycles. The molecule has 7 heavy (non-hydrogen) atoms. The van der Waals surface area contributed by atoms with Crippen LogP contribution in [0.25, 0.3) is 0 Å². The molecule has 0 aliphatic heterocycles. The van der Waals surface area contributed by atoms with Crippen LogP contribution in [0, 0.1) is 5.21 Å². The topological polar surface area (TPSA) is 86.1 Å². The zero-order valence-corrected chi connectivity index (χ0v) is 4.86. The van der Waals surface area contributed by atoms with Crippen LogP contribution in [0.1, 0.15) is 0 Å². The van der Waals surface area contributed by atoms with Gasteiger partial charge >= 0.3 is 0 Å². The van der Waals surface area contributed by atoms with Crippen molar-refractivity contribution >= 4 is 0 Å². The minimum absolute atomic E-state index is 0. The summed E-state index contributed by atoms with van der Waals surface area (Å²) in [7, 11) is 4.71. The summed E-state index contributed by atoms with van der Waals surface area (Å²) in [4.78, 5) is 0. The van der Waals surface area contributed by atoms with Crippen LogP contribution in [0.5, 0.6) is 0 Å². The molecule has 0 aliphatic rings. The van der Waals surface area contributed by atoms with Gasteiger partial charge < -0.3 is 20.8 Å². The summed E-state index contributed by atoms with van der Waals surface area (Å²) in [6.07, 6.45) is 0. The second kappa shape index (κ2) is 4.01. The fourth-order valence-electron chi connectivity index (χ4n) is 0. The van der Waals surface area contributed by atoms with Gasteiger partial charge in [0.1, 0.15) is 0 Å². The first-order valence-corrected chi connectivity index (χ1v) is 1.52. The van der Waals surface area contributed by atoms with Crippen molar-refractivity contribution in [1.29, 1.82) is 0 Å². The average molecular weight is 111 g/mol. The van der Waals surface area contributed by atoms with Gasteiger partial charge in [-0.1, -0.05) is 0 Å². The molecule has 0 bridgehead atoms. The number of rotatable bonds is 0. The fourth-order valence-corrected chi connectivity index (χ4v) is 0. The van der Waals surface area contributed by atoms with Gasteiger partial charge in [-0.25, -0.2) is 0 Å². The molecule has 0 saturated heterocycles. The van der Waals surface area contributed by atoms with E-state index >= 15 is 0 Å². The van der Waals surface area contributed by atoms with E-state index < -0.39 is 0 Å². The molecule has 0 radical (unpaired) electrons. The molecule has 0 atom stereocenters. The third-order valence-corrected chi connectivity index (χ3v) is 0. The lowest BCUT2D eigenvalue weighted by Crippen LogP contribution is -2.25. The highest BCUT2D eigenvalue weighted by Gasteiger charge is 1.79. The SMILES string of the molecule is C[N+](C)(C)[O-].O.O. The van der Waals surface area contributed by atoms with E-state index in [-0.39, 0.29) is 15.6 Å².